The number of phenolic OH excluding ortho intramolecular Hbond substituents is 1. The monoisotopic (exact) mass is 1030 g/mol. The van der Waals surface area contributed by atoms with Gasteiger partial charge < -0.3 is 34.3 Å². The van der Waals surface area contributed by atoms with Crippen LogP contribution in [0.2, 0.25) is 0 Å². The van der Waals surface area contributed by atoms with Gasteiger partial charge in [0.25, 0.3) is 0 Å². The second-order valence-electron chi connectivity index (χ2n) is 20.1. The Kier molecular flexibility index (Phi) is 12.9. The molecular formula is C63H55N5O9. The summed E-state index contributed by atoms with van der Waals surface area (Å²) in [5, 5.41) is 14.0. The van der Waals surface area contributed by atoms with Gasteiger partial charge in [0, 0.05) is 43.9 Å². The third kappa shape index (κ3) is 8.77. The number of hydrogen-bond donors (Lipinski definition) is 2. The molecule has 3 fully saturated rings. The summed E-state index contributed by atoms with van der Waals surface area (Å²) in [6.45, 7) is 4.15. The first-order valence-corrected chi connectivity index (χ1v) is 25.9. The summed E-state index contributed by atoms with van der Waals surface area (Å²) in [4.78, 5) is 71.6. The molecule has 2 N–H and O–H groups in total. The minimum Gasteiger partial charge on any atom is -0.508 e. The van der Waals surface area contributed by atoms with Crippen LogP contribution in [-0.2, 0) is 31.1 Å². The van der Waals surface area contributed by atoms with E-state index in [2.05, 4.69) is 22.1 Å². The number of imide groups is 1. The van der Waals surface area contributed by atoms with Crippen LogP contribution >= 0.6 is 0 Å². The number of nitrogens with zero attached hydrogens (tertiary/aromatic N) is 4. The number of urea groups is 1. The van der Waals surface area contributed by atoms with E-state index in [0.29, 0.717) is 64.7 Å². The van der Waals surface area contributed by atoms with E-state index in [9.17, 15) is 5.11 Å². The van der Waals surface area contributed by atoms with Gasteiger partial charge in [0.15, 0.2) is 11.5 Å². The van der Waals surface area contributed by atoms with Crippen LogP contribution < -0.4 is 24.4 Å². The molecule has 0 aliphatic carbocycles. The highest BCUT2D eigenvalue weighted by atomic mass is 16.7. The summed E-state index contributed by atoms with van der Waals surface area (Å²) in [7, 11) is 1.60. The van der Waals surface area contributed by atoms with Crippen LogP contribution in [0.1, 0.15) is 75.7 Å². The van der Waals surface area contributed by atoms with Gasteiger partial charge in [-0.25, -0.2) is 9.69 Å². The number of hydrogen-bond acceptors (Lipinski definition) is 11. The highest BCUT2D eigenvalue weighted by molar-refractivity contribution is 6.24. The molecule has 3 saturated heterocycles. The second-order valence-corrected chi connectivity index (χ2v) is 20.1. The van der Waals surface area contributed by atoms with E-state index in [4.69, 9.17) is 18.9 Å². The molecule has 7 atom stereocenters. The Balaban J connectivity index is 1.06. The molecule has 5 aliphatic rings. The molecule has 7 aromatic carbocycles. The van der Waals surface area contributed by atoms with E-state index in [1.54, 1.807) is 48.4 Å². The van der Waals surface area contributed by atoms with E-state index in [-0.39, 0.29) is 31.3 Å². The molecule has 0 unspecified atom stereocenters. The number of fused-ring (bicyclic) bond motifs is 4. The molecule has 14 heteroatoms. The van der Waals surface area contributed by atoms with Gasteiger partial charge in [0.1, 0.15) is 29.1 Å². The van der Waals surface area contributed by atoms with Crippen molar-refractivity contribution in [3.63, 3.8) is 0 Å². The normalized spacial score (nSPS) is 22.9. The summed E-state index contributed by atoms with van der Waals surface area (Å²) in [5.74, 6) is 5.35. The lowest BCUT2D eigenvalue weighted by Crippen LogP contribution is -2.59. The summed E-state index contributed by atoms with van der Waals surface area (Å²) in [6.07, 6.45) is -0.906. The van der Waals surface area contributed by atoms with Crippen molar-refractivity contribution in [3.05, 3.63) is 220 Å². The number of esters is 1. The third-order valence-electron chi connectivity index (χ3n) is 15.7. The quantitative estimate of drug-likeness (QED) is 0.105. The standard InChI is InChI=1S/C63H55N5O9/c1-40(44-12-6-3-7-13-44)64-62(73)67-51-30-22-42(19-18-41-20-28-49(74-2)29-21-41)36-50(51)63(61(67)72)54(59(70)66-34-32-65(33-35-66)38-43-23-31-52-53(37-43)76-39-75-52)56-60(71)77-57(46-16-10-5-11-17-46)55(45-14-8-4-9-15-45)68(56)58(63)47-24-26-48(69)27-25-47/h3-17,20-31,36-37,40,54-58,69H,32-35,38-39H2,1-2H3,(H,64,73)/t40-,54-,55-,56-,57+,58+,63-/m1/s1. The number of carbonyl (C=O) groups excluding carboxylic acids is 4. The van der Waals surface area contributed by atoms with Gasteiger partial charge in [0.05, 0.1) is 36.8 Å². The van der Waals surface area contributed by atoms with E-state index < -0.39 is 65.4 Å². The number of cyclic esters (lactones) is 1. The molecule has 0 bridgehead atoms. The number of anilines is 1. The maximum atomic E-state index is 16.9. The maximum Gasteiger partial charge on any atom is 0.329 e. The lowest BCUT2D eigenvalue weighted by molar-refractivity contribution is -0.179. The van der Waals surface area contributed by atoms with Crippen molar-refractivity contribution in [2.24, 2.45) is 5.92 Å². The Bertz CT molecular complexity index is 3430. The molecule has 4 amide bonds. The molecule has 7 aromatic rings. The number of rotatable bonds is 9. The summed E-state index contributed by atoms with van der Waals surface area (Å²) < 4.78 is 23.3. The first-order valence-electron chi connectivity index (χ1n) is 25.9. The Labute approximate surface area is 446 Å². The topological polar surface area (TPSA) is 150 Å². The van der Waals surface area contributed by atoms with Gasteiger partial charge in [-0.1, -0.05) is 121 Å². The lowest BCUT2D eigenvalue weighted by Gasteiger charge is -2.46. The molecular weight excluding hydrogens is 971 g/mol. The molecule has 5 heterocycles. The Morgan fingerprint density at radius 1 is 0.714 bits per heavy atom. The first kappa shape index (κ1) is 49.0. The van der Waals surface area contributed by atoms with Crippen molar-refractivity contribution in [2.45, 2.75) is 49.2 Å². The predicted molar refractivity (Wildman–Crippen MR) is 287 cm³/mol. The number of piperazine rings is 1. The van der Waals surface area contributed by atoms with Gasteiger partial charge in [-0.05, 0) is 107 Å². The minimum absolute atomic E-state index is 0.0198. The molecule has 77 heavy (non-hydrogen) atoms. The second kappa shape index (κ2) is 20.3. The van der Waals surface area contributed by atoms with E-state index in [1.165, 1.54) is 0 Å². The number of ether oxygens (including phenoxy) is 4. The average molecular weight is 1030 g/mol. The van der Waals surface area contributed by atoms with E-state index in [1.807, 2.05) is 151 Å². The van der Waals surface area contributed by atoms with Crippen molar-refractivity contribution in [1.29, 1.82) is 0 Å². The average Bonchev–Trinajstić information content (AvgIpc) is 3.65. The van der Waals surface area contributed by atoms with Crippen LogP contribution in [0.15, 0.2) is 176 Å². The van der Waals surface area contributed by atoms with Crippen molar-refractivity contribution >= 4 is 29.5 Å². The molecule has 0 saturated carbocycles. The molecule has 5 aliphatic heterocycles. The van der Waals surface area contributed by atoms with Crippen LogP contribution in [0, 0.1) is 17.8 Å². The summed E-state index contributed by atoms with van der Waals surface area (Å²) in [5.41, 5.74) is 3.69. The summed E-state index contributed by atoms with van der Waals surface area (Å²) in [6, 6.07) is 49.2. The van der Waals surface area contributed by atoms with Crippen LogP contribution in [0.25, 0.3) is 0 Å². The number of phenols is 1. The zero-order chi connectivity index (χ0) is 52.8. The van der Waals surface area contributed by atoms with Crippen molar-refractivity contribution in [2.75, 3.05) is 45.0 Å². The van der Waals surface area contributed by atoms with Crippen molar-refractivity contribution in [1.82, 2.24) is 20.0 Å². The van der Waals surface area contributed by atoms with Gasteiger partial charge in [-0.2, -0.15) is 0 Å². The van der Waals surface area contributed by atoms with Crippen molar-refractivity contribution < 1.29 is 43.2 Å². The molecule has 14 nitrogen and oxygen atoms in total. The number of carbonyl (C=O) groups is 4. The van der Waals surface area contributed by atoms with Crippen LogP contribution in [-0.4, -0.2) is 89.7 Å². The number of methoxy groups -OCH3 is 1. The molecule has 386 valence electrons. The third-order valence-corrected chi connectivity index (χ3v) is 15.7. The van der Waals surface area contributed by atoms with Crippen LogP contribution in [0.5, 0.6) is 23.0 Å². The minimum atomic E-state index is -2.00. The highest BCUT2D eigenvalue weighted by Crippen LogP contribution is 2.66. The Morgan fingerprint density at radius 3 is 2.06 bits per heavy atom. The predicted octanol–water partition coefficient (Wildman–Crippen LogP) is 9.01. The van der Waals surface area contributed by atoms with Crippen LogP contribution in [0.3, 0.4) is 0 Å². The number of amides is 4. The van der Waals surface area contributed by atoms with Crippen LogP contribution in [0.4, 0.5) is 10.5 Å². The number of benzene rings is 7. The van der Waals surface area contributed by atoms with Gasteiger partial charge in [0.2, 0.25) is 18.6 Å². The summed E-state index contributed by atoms with van der Waals surface area (Å²) >= 11 is 0. The zero-order valence-electron chi connectivity index (χ0n) is 42.5. The molecule has 0 aromatic heterocycles. The zero-order valence-corrected chi connectivity index (χ0v) is 42.5. The van der Waals surface area contributed by atoms with E-state index in [0.717, 1.165) is 21.6 Å². The van der Waals surface area contributed by atoms with Gasteiger partial charge >= 0.3 is 12.0 Å². The Hall–Kier alpha value is -8.90. The number of morpholine rings is 1. The maximum absolute atomic E-state index is 16.9. The van der Waals surface area contributed by atoms with Crippen molar-refractivity contribution in [3.8, 4) is 34.8 Å². The fraction of sp³-hybridized carbons (Fsp3) is 0.238. The number of nitrogens with one attached hydrogen (secondary N) is 1. The first-order chi connectivity index (χ1) is 37.6. The SMILES string of the molecule is COc1ccc(C#Cc2ccc3c(c2)[C@]2(C(=O)N3C(=O)N[C@H](C)c3ccccc3)[C@H](c3ccc(O)cc3)N3[C@H](c4ccccc4)[C@H](c4ccccc4)OC(=O)[C@H]3[C@@H]2C(=O)N2CCN(Cc3ccc4c(c3)OCO4)CC2)cc1. The smallest absolute Gasteiger partial charge is 0.329 e. The fourth-order valence-electron chi connectivity index (χ4n) is 12.1. The van der Waals surface area contributed by atoms with E-state index >= 15 is 19.2 Å². The number of aromatic hydroxyl groups is 1. The largest absolute Gasteiger partial charge is 0.508 e. The lowest BCUT2D eigenvalue weighted by atomic mass is 9.64. The molecule has 12 rings (SSSR count). The van der Waals surface area contributed by atoms with Gasteiger partial charge in [-0.15, -0.1) is 0 Å². The Morgan fingerprint density at radius 2 is 1.36 bits per heavy atom. The molecule has 0 radical (unpaired) electrons. The van der Waals surface area contributed by atoms with Gasteiger partial charge in [-0.3, -0.25) is 24.2 Å². The highest BCUT2D eigenvalue weighted by Gasteiger charge is 2.76. The molecule has 1 spiro atoms. The fourth-order valence-corrected chi connectivity index (χ4v) is 12.1.